The summed E-state index contributed by atoms with van der Waals surface area (Å²) in [6.45, 7) is 2.42. The van der Waals surface area contributed by atoms with Crippen LogP contribution >= 0.6 is 15.9 Å². The summed E-state index contributed by atoms with van der Waals surface area (Å²) in [5.41, 5.74) is 9.04. The van der Waals surface area contributed by atoms with Gasteiger partial charge in [0.05, 0.1) is 0 Å². The van der Waals surface area contributed by atoms with Crippen molar-refractivity contribution in [3.63, 3.8) is 0 Å². The Balaban J connectivity index is 2.01. The molecule has 0 spiro atoms. The second kappa shape index (κ2) is 5.89. The van der Waals surface area contributed by atoms with Crippen LogP contribution in [0.2, 0.25) is 0 Å². The van der Waals surface area contributed by atoms with Gasteiger partial charge < -0.3 is 11.1 Å². The molecule has 2 aromatic carbocycles. The van der Waals surface area contributed by atoms with Crippen molar-refractivity contribution in [2.45, 2.75) is 13.5 Å². The monoisotopic (exact) mass is 318 g/mol. The zero-order chi connectivity index (χ0) is 13.8. The molecule has 0 fully saturated rings. The van der Waals surface area contributed by atoms with Crippen LogP contribution in [0.15, 0.2) is 46.9 Å². The van der Waals surface area contributed by atoms with E-state index in [1.54, 1.807) is 12.1 Å². The molecular weight excluding hydrogens is 304 g/mol. The Morgan fingerprint density at radius 1 is 1.21 bits per heavy atom. The highest BCUT2D eigenvalue weighted by molar-refractivity contribution is 9.10. The molecule has 19 heavy (non-hydrogen) atoms. The Bertz CT molecular complexity index is 594. The molecule has 0 atom stereocenters. The summed E-state index contributed by atoms with van der Waals surface area (Å²) in [7, 11) is 0. The van der Waals surface area contributed by atoms with E-state index in [9.17, 15) is 4.79 Å². The van der Waals surface area contributed by atoms with Crippen LogP contribution in [0.4, 0.5) is 5.69 Å². The Hall–Kier alpha value is -1.81. The minimum Gasteiger partial charge on any atom is -0.398 e. The van der Waals surface area contributed by atoms with Crippen molar-refractivity contribution in [2.75, 3.05) is 5.73 Å². The number of hydrogen-bond donors (Lipinski definition) is 2. The van der Waals surface area contributed by atoms with Crippen LogP contribution < -0.4 is 11.1 Å². The summed E-state index contributed by atoms with van der Waals surface area (Å²) in [6.07, 6.45) is 0. The first-order valence-electron chi connectivity index (χ1n) is 5.95. The Morgan fingerprint density at radius 3 is 2.53 bits per heavy atom. The molecule has 0 unspecified atom stereocenters. The summed E-state index contributed by atoms with van der Waals surface area (Å²) in [6, 6.07) is 13.2. The molecule has 0 saturated carbocycles. The fraction of sp³-hybridized carbons (Fsp3) is 0.133. The van der Waals surface area contributed by atoms with Gasteiger partial charge in [0.15, 0.2) is 0 Å². The van der Waals surface area contributed by atoms with Crippen LogP contribution in [0, 0.1) is 6.92 Å². The predicted molar refractivity (Wildman–Crippen MR) is 80.9 cm³/mol. The molecular formula is C15H15BrN2O. The lowest BCUT2D eigenvalue weighted by Gasteiger charge is -2.07. The molecule has 0 saturated heterocycles. The van der Waals surface area contributed by atoms with E-state index in [0.717, 1.165) is 15.6 Å². The maximum absolute atomic E-state index is 12.0. The molecule has 2 rings (SSSR count). The molecule has 3 N–H and O–H groups in total. The van der Waals surface area contributed by atoms with Gasteiger partial charge in [0.2, 0.25) is 0 Å². The molecule has 0 heterocycles. The maximum Gasteiger partial charge on any atom is 0.251 e. The van der Waals surface area contributed by atoms with Gasteiger partial charge in [-0.25, -0.2) is 0 Å². The lowest BCUT2D eigenvalue weighted by Crippen LogP contribution is -2.22. The second-order valence-corrected chi connectivity index (χ2v) is 5.30. The summed E-state index contributed by atoms with van der Waals surface area (Å²) in [5.74, 6) is -0.116. The van der Waals surface area contributed by atoms with Gasteiger partial charge in [-0.15, -0.1) is 0 Å². The maximum atomic E-state index is 12.0. The topological polar surface area (TPSA) is 55.1 Å². The lowest BCUT2D eigenvalue weighted by molar-refractivity contribution is 0.0951. The molecule has 3 nitrogen and oxygen atoms in total. The van der Waals surface area contributed by atoms with Gasteiger partial charge in [-0.1, -0.05) is 34.1 Å². The molecule has 0 aliphatic heterocycles. The molecule has 4 heteroatoms. The van der Waals surface area contributed by atoms with E-state index in [1.807, 2.05) is 37.3 Å². The van der Waals surface area contributed by atoms with E-state index < -0.39 is 0 Å². The third kappa shape index (κ3) is 3.58. The number of carbonyl (C=O) groups excluding carboxylic acids is 1. The highest BCUT2D eigenvalue weighted by atomic mass is 79.9. The van der Waals surface area contributed by atoms with Crippen molar-refractivity contribution in [3.8, 4) is 0 Å². The fourth-order valence-corrected chi connectivity index (χ4v) is 1.93. The largest absolute Gasteiger partial charge is 0.398 e. The van der Waals surface area contributed by atoms with Crippen molar-refractivity contribution in [1.82, 2.24) is 5.32 Å². The average Bonchev–Trinajstić information content (AvgIpc) is 2.41. The highest BCUT2D eigenvalue weighted by Crippen LogP contribution is 2.13. The number of nitrogens with one attached hydrogen (secondary N) is 1. The molecule has 2 aromatic rings. The van der Waals surface area contributed by atoms with Crippen LogP contribution in [-0.2, 0) is 6.54 Å². The number of benzene rings is 2. The van der Waals surface area contributed by atoms with E-state index in [-0.39, 0.29) is 5.91 Å². The van der Waals surface area contributed by atoms with Gasteiger partial charge in [0.25, 0.3) is 5.91 Å². The van der Waals surface area contributed by atoms with Gasteiger partial charge >= 0.3 is 0 Å². The third-order valence-electron chi connectivity index (χ3n) is 2.91. The molecule has 0 aromatic heterocycles. The summed E-state index contributed by atoms with van der Waals surface area (Å²) < 4.78 is 1.02. The number of amides is 1. The number of halogens is 1. The average molecular weight is 319 g/mol. The Morgan fingerprint density at radius 2 is 1.89 bits per heavy atom. The molecule has 0 bridgehead atoms. The van der Waals surface area contributed by atoms with Gasteiger partial charge in [0, 0.05) is 22.3 Å². The number of carbonyl (C=O) groups is 1. The molecule has 0 radical (unpaired) electrons. The molecule has 98 valence electrons. The smallest absolute Gasteiger partial charge is 0.251 e. The zero-order valence-corrected chi connectivity index (χ0v) is 12.2. The van der Waals surface area contributed by atoms with Gasteiger partial charge in [-0.2, -0.15) is 0 Å². The van der Waals surface area contributed by atoms with Crippen LogP contribution in [0.3, 0.4) is 0 Å². The van der Waals surface area contributed by atoms with Crippen molar-refractivity contribution in [3.05, 3.63) is 63.6 Å². The first kappa shape index (κ1) is 13.6. The number of nitrogen functional groups attached to an aromatic ring is 1. The SMILES string of the molecule is Cc1ccc(C(=O)NCc2ccc(Br)cc2)cc1N. The molecule has 0 aliphatic rings. The predicted octanol–water partition coefficient (Wildman–Crippen LogP) is 3.27. The number of anilines is 1. The summed E-state index contributed by atoms with van der Waals surface area (Å²) in [4.78, 5) is 12.0. The van der Waals surface area contributed by atoms with Crippen LogP contribution in [-0.4, -0.2) is 5.91 Å². The van der Waals surface area contributed by atoms with E-state index in [4.69, 9.17) is 5.73 Å². The fourth-order valence-electron chi connectivity index (χ4n) is 1.67. The number of aryl methyl sites for hydroxylation is 1. The van der Waals surface area contributed by atoms with E-state index in [0.29, 0.717) is 17.8 Å². The van der Waals surface area contributed by atoms with Gasteiger partial charge in [-0.3, -0.25) is 4.79 Å². The number of nitrogens with two attached hydrogens (primary N) is 1. The van der Waals surface area contributed by atoms with E-state index in [1.165, 1.54) is 0 Å². The van der Waals surface area contributed by atoms with Crippen molar-refractivity contribution in [1.29, 1.82) is 0 Å². The normalized spacial score (nSPS) is 10.2. The second-order valence-electron chi connectivity index (χ2n) is 4.38. The van der Waals surface area contributed by atoms with Crippen LogP contribution in [0.1, 0.15) is 21.5 Å². The lowest BCUT2D eigenvalue weighted by atomic mass is 10.1. The van der Waals surface area contributed by atoms with E-state index in [2.05, 4.69) is 21.2 Å². The van der Waals surface area contributed by atoms with Crippen molar-refractivity contribution >= 4 is 27.5 Å². The third-order valence-corrected chi connectivity index (χ3v) is 3.44. The summed E-state index contributed by atoms with van der Waals surface area (Å²) in [5, 5.41) is 2.87. The Labute approximate surface area is 121 Å². The van der Waals surface area contributed by atoms with Crippen molar-refractivity contribution in [2.24, 2.45) is 0 Å². The van der Waals surface area contributed by atoms with Crippen LogP contribution in [0.25, 0.3) is 0 Å². The van der Waals surface area contributed by atoms with Gasteiger partial charge in [0.1, 0.15) is 0 Å². The number of hydrogen-bond acceptors (Lipinski definition) is 2. The quantitative estimate of drug-likeness (QED) is 0.853. The van der Waals surface area contributed by atoms with Gasteiger partial charge in [-0.05, 0) is 42.3 Å². The number of rotatable bonds is 3. The van der Waals surface area contributed by atoms with Crippen molar-refractivity contribution < 1.29 is 4.79 Å². The highest BCUT2D eigenvalue weighted by Gasteiger charge is 2.06. The molecule has 0 aliphatic carbocycles. The first-order chi connectivity index (χ1) is 9.06. The van der Waals surface area contributed by atoms with Crippen LogP contribution in [0.5, 0.6) is 0 Å². The Kier molecular flexibility index (Phi) is 4.22. The first-order valence-corrected chi connectivity index (χ1v) is 6.74. The standard InChI is InChI=1S/C15H15BrN2O/c1-10-2-5-12(8-14(10)17)15(19)18-9-11-3-6-13(16)7-4-11/h2-8H,9,17H2,1H3,(H,18,19). The zero-order valence-electron chi connectivity index (χ0n) is 10.6. The minimum absolute atomic E-state index is 0.116. The van der Waals surface area contributed by atoms with E-state index >= 15 is 0 Å². The minimum atomic E-state index is -0.116. The summed E-state index contributed by atoms with van der Waals surface area (Å²) >= 11 is 3.38. The molecule has 1 amide bonds.